The van der Waals surface area contributed by atoms with Gasteiger partial charge in [0.05, 0.1) is 17.4 Å². The van der Waals surface area contributed by atoms with Crippen LogP contribution in [0.5, 0.6) is 0 Å². The molecule has 1 spiro atoms. The lowest BCUT2D eigenvalue weighted by Gasteiger charge is -2.23. The number of nitrogens with zero attached hydrogens (tertiary/aromatic N) is 1. The van der Waals surface area contributed by atoms with E-state index in [1.54, 1.807) is 18.7 Å². The van der Waals surface area contributed by atoms with E-state index in [1.165, 1.54) is 43.4 Å². The number of aromatic nitrogens is 1. The molecule has 1 saturated heterocycles. The Balaban J connectivity index is 1.55. The number of rotatable bonds is 4. The molecule has 0 amide bonds. The van der Waals surface area contributed by atoms with Gasteiger partial charge in [-0.15, -0.1) is 11.3 Å². The molecule has 20 heavy (non-hydrogen) atoms. The number of hydrogen-bond donors (Lipinski definition) is 1. The van der Waals surface area contributed by atoms with E-state index in [9.17, 15) is 4.79 Å². The van der Waals surface area contributed by atoms with Gasteiger partial charge in [0.1, 0.15) is 4.88 Å². The molecule has 2 heterocycles. The van der Waals surface area contributed by atoms with Crippen LogP contribution >= 0.6 is 23.1 Å². The van der Waals surface area contributed by atoms with Crippen LogP contribution in [-0.2, 0) is 4.74 Å². The van der Waals surface area contributed by atoms with Crippen LogP contribution in [0.1, 0.15) is 53.9 Å². The van der Waals surface area contributed by atoms with Crippen molar-refractivity contribution < 1.29 is 14.6 Å². The Morgan fingerprint density at radius 1 is 1.50 bits per heavy atom. The molecule has 2 fully saturated rings. The zero-order valence-corrected chi connectivity index (χ0v) is 13.2. The maximum absolute atomic E-state index is 11.0. The molecule has 3 rings (SSSR count). The molecule has 1 atom stereocenters. The lowest BCUT2D eigenvalue weighted by Crippen LogP contribution is -2.25. The van der Waals surface area contributed by atoms with E-state index in [0.717, 1.165) is 16.5 Å². The maximum atomic E-state index is 11.0. The highest BCUT2D eigenvalue weighted by Crippen LogP contribution is 2.44. The van der Waals surface area contributed by atoms with Crippen molar-refractivity contribution in [3.63, 3.8) is 0 Å². The number of carboxylic acid groups (broad SMARTS) is 1. The molecule has 1 N–H and O–H groups in total. The minimum absolute atomic E-state index is 0.177. The molecular weight excluding hydrogens is 294 g/mol. The van der Waals surface area contributed by atoms with Crippen molar-refractivity contribution in [2.24, 2.45) is 0 Å². The molecule has 1 aromatic heterocycles. The van der Waals surface area contributed by atoms with Gasteiger partial charge in [0.2, 0.25) is 0 Å². The molecule has 6 heteroatoms. The number of carbonyl (C=O) groups is 1. The zero-order valence-electron chi connectivity index (χ0n) is 11.6. The largest absolute Gasteiger partial charge is 0.477 e. The van der Waals surface area contributed by atoms with Gasteiger partial charge >= 0.3 is 5.97 Å². The van der Waals surface area contributed by atoms with E-state index in [4.69, 9.17) is 9.84 Å². The lowest BCUT2D eigenvalue weighted by atomic mass is 9.98. The molecule has 1 aliphatic heterocycles. The molecule has 0 radical (unpaired) electrons. The van der Waals surface area contributed by atoms with Crippen LogP contribution in [0.15, 0.2) is 4.34 Å². The summed E-state index contributed by atoms with van der Waals surface area (Å²) in [6.07, 6.45) is 7.65. The molecule has 2 aliphatic rings. The summed E-state index contributed by atoms with van der Waals surface area (Å²) < 4.78 is 7.10. The van der Waals surface area contributed by atoms with Gasteiger partial charge in [0, 0.05) is 5.75 Å². The van der Waals surface area contributed by atoms with Crippen molar-refractivity contribution in [1.82, 2.24) is 4.98 Å². The molecular formula is C14H19NO3S2. The Morgan fingerprint density at radius 3 is 2.90 bits per heavy atom. The predicted octanol–water partition coefficient (Wildman–Crippen LogP) is 3.73. The minimum Gasteiger partial charge on any atom is -0.477 e. The number of thioether (sulfide) groups is 1. The summed E-state index contributed by atoms with van der Waals surface area (Å²) in [6.45, 7) is 1.75. The highest BCUT2D eigenvalue weighted by molar-refractivity contribution is 8.01. The first-order chi connectivity index (χ1) is 9.58. The fourth-order valence-electron chi connectivity index (χ4n) is 3.20. The highest BCUT2D eigenvalue weighted by atomic mass is 32.2. The molecule has 1 aromatic rings. The van der Waals surface area contributed by atoms with Crippen LogP contribution in [0.4, 0.5) is 0 Å². The first kappa shape index (κ1) is 14.4. The second kappa shape index (κ2) is 5.66. The smallest absolute Gasteiger partial charge is 0.347 e. The number of ether oxygens (including phenoxy) is 1. The lowest BCUT2D eigenvalue weighted by molar-refractivity contribution is -0.0267. The van der Waals surface area contributed by atoms with Crippen molar-refractivity contribution in [1.29, 1.82) is 0 Å². The van der Waals surface area contributed by atoms with Crippen LogP contribution in [-0.4, -0.2) is 33.5 Å². The van der Waals surface area contributed by atoms with E-state index in [1.807, 2.05) is 0 Å². The Morgan fingerprint density at radius 2 is 2.25 bits per heavy atom. The van der Waals surface area contributed by atoms with E-state index >= 15 is 0 Å². The van der Waals surface area contributed by atoms with Crippen molar-refractivity contribution in [3.05, 3.63) is 10.6 Å². The van der Waals surface area contributed by atoms with Crippen molar-refractivity contribution >= 4 is 29.1 Å². The van der Waals surface area contributed by atoms with Crippen LogP contribution in [0, 0.1) is 6.92 Å². The minimum atomic E-state index is -0.881. The summed E-state index contributed by atoms with van der Waals surface area (Å²) in [5, 5.41) is 9.03. The van der Waals surface area contributed by atoms with Crippen LogP contribution in [0.3, 0.4) is 0 Å². The summed E-state index contributed by atoms with van der Waals surface area (Å²) in [5.74, 6) is 0.00203. The Labute approximate surface area is 126 Å². The van der Waals surface area contributed by atoms with Crippen LogP contribution in [0.2, 0.25) is 0 Å². The van der Waals surface area contributed by atoms with Gasteiger partial charge in [-0.2, -0.15) is 0 Å². The van der Waals surface area contributed by atoms with Crippen molar-refractivity contribution in [2.45, 2.75) is 61.5 Å². The number of aromatic carboxylic acids is 1. The van der Waals surface area contributed by atoms with Gasteiger partial charge in [-0.1, -0.05) is 24.6 Å². The van der Waals surface area contributed by atoms with Crippen molar-refractivity contribution in [3.8, 4) is 0 Å². The molecule has 110 valence electrons. The topological polar surface area (TPSA) is 59.4 Å². The Hall–Kier alpha value is -0.590. The van der Waals surface area contributed by atoms with Gasteiger partial charge in [-0.3, -0.25) is 0 Å². The quantitative estimate of drug-likeness (QED) is 0.858. The zero-order chi connectivity index (χ0) is 14.2. The SMILES string of the molecule is Cc1nc(SCC2CCC3(CCCC3)O2)sc1C(=O)O. The normalized spacial score (nSPS) is 24.6. The van der Waals surface area contributed by atoms with Gasteiger partial charge < -0.3 is 9.84 Å². The summed E-state index contributed by atoms with van der Waals surface area (Å²) in [7, 11) is 0. The molecule has 0 bridgehead atoms. The molecule has 0 aromatic carbocycles. The molecule has 1 aliphatic carbocycles. The molecule has 4 nitrogen and oxygen atoms in total. The average Bonchev–Trinajstić information content (AvgIpc) is 3.10. The summed E-state index contributed by atoms with van der Waals surface area (Å²) in [6, 6.07) is 0. The van der Waals surface area contributed by atoms with E-state index in [0.29, 0.717) is 16.7 Å². The van der Waals surface area contributed by atoms with Gasteiger partial charge in [-0.25, -0.2) is 9.78 Å². The third kappa shape index (κ3) is 2.87. The highest BCUT2D eigenvalue weighted by Gasteiger charge is 2.42. The van der Waals surface area contributed by atoms with E-state index < -0.39 is 5.97 Å². The van der Waals surface area contributed by atoms with Gasteiger partial charge in [-0.05, 0) is 32.6 Å². The first-order valence-corrected chi connectivity index (χ1v) is 8.90. The average molecular weight is 313 g/mol. The Kier molecular flexibility index (Phi) is 4.06. The number of hydrogen-bond acceptors (Lipinski definition) is 5. The monoisotopic (exact) mass is 313 g/mol. The Bertz CT molecular complexity index is 509. The molecule has 1 unspecified atom stereocenters. The fraction of sp³-hybridized carbons (Fsp3) is 0.714. The molecule has 1 saturated carbocycles. The van der Waals surface area contributed by atoms with Crippen LogP contribution < -0.4 is 0 Å². The fourth-order valence-corrected chi connectivity index (χ4v) is 5.29. The second-order valence-electron chi connectivity index (χ2n) is 5.68. The number of carboxylic acids is 1. The summed E-state index contributed by atoms with van der Waals surface area (Å²) in [5.41, 5.74) is 0.792. The van der Waals surface area contributed by atoms with Crippen LogP contribution in [0.25, 0.3) is 0 Å². The summed E-state index contributed by atoms with van der Waals surface area (Å²) >= 11 is 2.90. The predicted molar refractivity (Wildman–Crippen MR) is 79.8 cm³/mol. The second-order valence-corrected chi connectivity index (χ2v) is 7.95. The van der Waals surface area contributed by atoms with Crippen molar-refractivity contribution in [2.75, 3.05) is 5.75 Å². The third-order valence-electron chi connectivity index (χ3n) is 4.22. The maximum Gasteiger partial charge on any atom is 0.347 e. The summed E-state index contributed by atoms with van der Waals surface area (Å²) in [4.78, 5) is 15.7. The third-order valence-corrected chi connectivity index (χ3v) is 6.64. The number of aryl methyl sites for hydroxylation is 1. The number of thiazole rings is 1. The van der Waals surface area contributed by atoms with E-state index in [-0.39, 0.29) is 5.60 Å². The van der Waals surface area contributed by atoms with Gasteiger partial charge in [0.25, 0.3) is 0 Å². The first-order valence-electron chi connectivity index (χ1n) is 7.09. The van der Waals surface area contributed by atoms with Gasteiger partial charge in [0.15, 0.2) is 4.34 Å². The standard InChI is InChI=1S/C14H19NO3S2/c1-9-11(12(16)17)20-13(15-9)19-8-10-4-7-14(18-10)5-2-3-6-14/h10H,2-8H2,1H3,(H,16,17). The van der Waals surface area contributed by atoms with E-state index in [2.05, 4.69) is 4.98 Å².